The Morgan fingerprint density at radius 2 is 0.946 bits per heavy atom. The van der Waals surface area contributed by atoms with E-state index in [1.165, 1.54) is 43.8 Å². The van der Waals surface area contributed by atoms with E-state index in [0.29, 0.717) is 0 Å². The van der Waals surface area contributed by atoms with Gasteiger partial charge >= 0.3 is 0 Å². The number of aromatic nitrogens is 5. The van der Waals surface area contributed by atoms with E-state index in [1.54, 1.807) is 0 Å². The van der Waals surface area contributed by atoms with Crippen molar-refractivity contribution in [3.8, 4) is 50.7 Å². The first-order chi connectivity index (χ1) is 27.8. The Bertz CT molecular complexity index is 3050. The molecule has 5 nitrogen and oxygen atoms in total. The van der Waals surface area contributed by atoms with Gasteiger partial charge in [0.25, 0.3) is 0 Å². The Morgan fingerprint density at radius 1 is 0.429 bits per heavy atom. The number of nitrogens with zero attached hydrogens (tertiary/aromatic N) is 5. The first-order valence-electron chi connectivity index (χ1n) is 19.2. The zero-order chi connectivity index (χ0) is 37.0. The van der Waals surface area contributed by atoms with E-state index in [2.05, 4.69) is 149 Å². The summed E-state index contributed by atoms with van der Waals surface area (Å²) in [4.78, 5) is 15.2. The molecule has 11 rings (SSSR count). The minimum Gasteiger partial charge on any atom is -0.311 e. The number of hydrogen-bond donors (Lipinski definition) is 0. The van der Waals surface area contributed by atoms with Crippen LogP contribution in [-0.4, -0.2) is 24.1 Å². The van der Waals surface area contributed by atoms with Crippen LogP contribution in [0.1, 0.15) is 12.8 Å². The molecular weight excluding hydrogens is 683 g/mol. The van der Waals surface area contributed by atoms with Crippen LogP contribution in [0.25, 0.3) is 100 Å². The number of fused-ring (bicyclic) bond motifs is 7. The summed E-state index contributed by atoms with van der Waals surface area (Å²) in [5, 5.41) is 4.92. The highest BCUT2D eigenvalue weighted by atomic mass is 15.1. The van der Waals surface area contributed by atoms with Crippen LogP contribution in [0.2, 0.25) is 0 Å². The topological polar surface area (TPSA) is 48.5 Å². The molecule has 0 spiro atoms. The molecule has 264 valence electrons. The lowest BCUT2D eigenvalue weighted by molar-refractivity contribution is 0.979. The molecule has 0 bridgehead atoms. The van der Waals surface area contributed by atoms with E-state index in [4.69, 9.17) is 15.0 Å². The van der Waals surface area contributed by atoms with Gasteiger partial charge < -0.3 is 9.13 Å². The maximum atomic E-state index is 5.32. The molecule has 0 amide bonds. The van der Waals surface area contributed by atoms with Crippen molar-refractivity contribution in [3.05, 3.63) is 188 Å². The Morgan fingerprint density at radius 3 is 1.46 bits per heavy atom. The molecule has 5 aromatic heterocycles. The zero-order valence-electron chi connectivity index (χ0n) is 30.5. The van der Waals surface area contributed by atoms with Gasteiger partial charge in [0, 0.05) is 61.9 Å². The van der Waals surface area contributed by atoms with Gasteiger partial charge in [-0.1, -0.05) is 121 Å². The molecule has 5 heterocycles. The summed E-state index contributed by atoms with van der Waals surface area (Å²) >= 11 is 0. The van der Waals surface area contributed by atoms with E-state index in [0.717, 1.165) is 69.1 Å². The van der Waals surface area contributed by atoms with E-state index in [1.807, 2.05) is 48.8 Å². The molecule has 0 atom stereocenters. The molecule has 5 heteroatoms. The van der Waals surface area contributed by atoms with Crippen molar-refractivity contribution in [3.63, 3.8) is 0 Å². The van der Waals surface area contributed by atoms with Gasteiger partial charge in [0.05, 0.1) is 50.5 Å². The maximum absolute atomic E-state index is 5.32. The fourth-order valence-corrected chi connectivity index (χ4v) is 8.43. The normalized spacial score (nSPS) is 12.9. The second-order valence-electron chi connectivity index (χ2n) is 14.4. The summed E-state index contributed by atoms with van der Waals surface area (Å²) in [6, 6.07) is 55.7. The van der Waals surface area contributed by atoms with Gasteiger partial charge in [-0.2, -0.15) is 0 Å². The highest BCUT2D eigenvalue weighted by Gasteiger charge is 2.23. The molecule has 0 radical (unpaired) electrons. The predicted octanol–water partition coefficient (Wildman–Crippen LogP) is 12.9. The molecule has 0 N–H and O–H groups in total. The lowest BCUT2D eigenvalue weighted by Gasteiger charge is -2.17. The van der Waals surface area contributed by atoms with Crippen LogP contribution in [-0.2, 0) is 0 Å². The van der Waals surface area contributed by atoms with E-state index >= 15 is 0 Å². The summed E-state index contributed by atoms with van der Waals surface area (Å²) in [5.74, 6) is 0. The van der Waals surface area contributed by atoms with Crippen LogP contribution in [0.4, 0.5) is 0 Å². The Kier molecular flexibility index (Phi) is 7.56. The van der Waals surface area contributed by atoms with E-state index in [9.17, 15) is 0 Å². The van der Waals surface area contributed by atoms with Crippen molar-refractivity contribution in [2.45, 2.75) is 12.8 Å². The first-order valence-corrected chi connectivity index (χ1v) is 19.2. The molecular formula is C51H35N5. The van der Waals surface area contributed by atoms with Gasteiger partial charge in [-0.05, 0) is 67.4 Å². The van der Waals surface area contributed by atoms with Crippen LogP contribution in [0.5, 0.6) is 0 Å². The minimum atomic E-state index is 0.843. The monoisotopic (exact) mass is 717 g/mol. The first kappa shape index (κ1) is 32.1. The molecule has 56 heavy (non-hydrogen) atoms. The van der Waals surface area contributed by atoms with Gasteiger partial charge in [-0.15, -0.1) is 0 Å². The molecule has 1 aliphatic rings. The van der Waals surface area contributed by atoms with Crippen molar-refractivity contribution in [1.29, 1.82) is 0 Å². The lowest BCUT2D eigenvalue weighted by Crippen LogP contribution is -2.02. The Labute approximate surface area is 324 Å². The highest BCUT2D eigenvalue weighted by molar-refractivity contribution is 6.24. The minimum absolute atomic E-state index is 0.843. The Balaban J connectivity index is 1.19. The number of para-hydroxylation sites is 2. The summed E-state index contributed by atoms with van der Waals surface area (Å²) in [5.41, 5.74) is 14.7. The van der Waals surface area contributed by atoms with Crippen molar-refractivity contribution in [2.24, 2.45) is 0 Å². The largest absolute Gasteiger partial charge is 0.311 e. The fraction of sp³-hybridized carbons (Fsp3) is 0.0392. The van der Waals surface area contributed by atoms with Crippen molar-refractivity contribution in [1.82, 2.24) is 24.1 Å². The fourth-order valence-electron chi connectivity index (χ4n) is 8.43. The summed E-state index contributed by atoms with van der Waals surface area (Å²) in [7, 11) is 0. The van der Waals surface area contributed by atoms with Crippen molar-refractivity contribution in [2.75, 3.05) is 0 Å². The smallest absolute Gasteiger partial charge is 0.0788 e. The average Bonchev–Trinajstić information content (AvgIpc) is 3.80. The van der Waals surface area contributed by atoms with Crippen molar-refractivity contribution >= 4 is 49.3 Å². The molecule has 0 aliphatic heterocycles. The van der Waals surface area contributed by atoms with Gasteiger partial charge in [-0.3, -0.25) is 9.97 Å². The zero-order valence-corrected chi connectivity index (χ0v) is 30.5. The quantitative estimate of drug-likeness (QED) is 0.172. The highest BCUT2D eigenvalue weighted by Crippen LogP contribution is 2.43. The molecule has 0 fully saturated rings. The van der Waals surface area contributed by atoms with Crippen LogP contribution in [0.3, 0.4) is 0 Å². The molecule has 0 saturated carbocycles. The maximum Gasteiger partial charge on any atom is 0.0788 e. The van der Waals surface area contributed by atoms with Crippen LogP contribution < -0.4 is 0 Å². The third-order valence-electron chi connectivity index (χ3n) is 11.1. The predicted molar refractivity (Wildman–Crippen MR) is 232 cm³/mol. The number of hydrogen-bond acceptors (Lipinski definition) is 3. The summed E-state index contributed by atoms with van der Waals surface area (Å²) in [6.45, 7) is 0. The second kappa shape index (κ2) is 13.2. The molecule has 0 unspecified atom stereocenters. The number of benzene rings is 5. The van der Waals surface area contributed by atoms with E-state index in [-0.39, 0.29) is 0 Å². The second-order valence-corrected chi connectivity index (χ2v) is 14.4. The van der Waals surface area contributed by atoms with Gasteiger partial charge in [0.2, 0.25) is 0 Å². The molecule has 1 aliphatic carbocycles. The van der Waals surface area contributed by atoms with Gasteiger partial charge in [-0.25, -0.2) is 4.98 Å². The standard InChI is InChI=1S/C51H35N5/c1-4-14-34(15-5-1)44-28-24-36(32-52-44)46-30-39(31-47(54-46)37-25-29-45(53-33-37)35-16-6-2-7-17-35)56-49-23-13-11-21-41(49)43-27-26-42-40-20-10-12-22-48(40)55(50(42)51(43)56)38-18-8-3-9-19-38/h1-8,10-18,20-33H,9,19H2. The number of allylic oxidation sites excluding steroid dienone is 4. The number of rotatable bonds is 6. The van der Waals surface area contributed by atoms with Crippen LogP contribution in [0.15, 0.2) is 188 Å². The molecule has 0 saturated heterocycles. The summed E-state index contributed by atoms with van der Waals surface area (Å²) < 4.78 is 4.96. The number of pyridine rings is 3. The molecule has 5 aromatic carbocycles. The third kappa shape index (κ3) is 5.28. The SMILES string of the molecule is C1=CCCC(n2c3ccccc3c3ccc4c5ccccc5n(-c5cc(-c6ccc(-c7ccccc7)nc6)nc(-c6ccc(-c7ccccc7)nc6)c5)c4c32)=C1. The van der Waals surface area contributed by atoms with E-state index < -0.39 is 0 Å². The third-order valence-corrected chi connectivity index (χ3v) is 11.1. The van der Waals surface area contributed by atoms with Crippen LogP contribution >= 0.6 is 0 Å². The van der Waals surface area contributed by atoms with Gasteiger partial charge in [0.1, 0.15) is 0 Å². The van der Waals surface area contributed by atoms with Crippen molar-refractivity contribution < 1.29 is 0 Å². The summed E-state index contributed by atoms with van der Waals surface area (Å²) in [6.07, 6.45) is 12.6. The Hall–Kier alpha value is -7.37. The van der Waals surface area contributed by atoms with Gasteiger partial charge in [0.15, 0.2) is 0 Å². The lowest BCUT2D eigenvalue weighted by atomic mass is 10.1. The average molecular weight is 718 g/mol. The molecule has 10 aromatic rings. The van der Waals surface area contributed by atoms with Crippen LogP contribution in [0, 0.1) is 0 Å².